The number of aryl methyl sites for hydroxylation is 3. The van der Waals surface area contributed by atoms with Gasteiger partial charge >= 0.3 is 0 Å². The first kappa shape index (κ1) is 20.3. The summed E-state index contributed by atoms with van der Waals surface area (Å²) in [5, 5.41) is 0. The topological polar surface area (TPSA) is 64.6 Å². The molecule has 0 aliphatic rings. The maximum Gasteiger partial charge on any atom is 0.240 e. The maximum atomic E-state index is 12.5. The van der Waals surface area contributed by atoms with Crippen molar-refractivity contribution in [3.8, 4) is 11.5 Å². The van der Waals surface area contributed by atoms with Gasteiger partial charge in [-0.25, -0.2) is 13.1 Å². The Balaban J connectivity index is 1.93. The van der Waals surface area contributed by atoms with Crippen molar-refractivity contribution in [3.05, 3.63) is 53.1 Å². The van der Waals surface area contributed by atoms with Gasteiger partial charge in [0.15, 0.2) is 0 Å². The molecule has 5 nitrogen and oxygen atoms in total. The average Bonchev–Trinajstić information content (AvgIpc) is 2.62. The predicted molar refractivity (Wildman–Crippen MR) is 104 cm³/mol. The lowest BCUT2D eigenvalue weighted by molar-refractivity contribution is 0.322. The van der Waals surface area contributed by atoms with Gasteiger partial charge in [0, 0.05) is 6.54 Å². The highest BCUT2D eigenvalue weighted by Crippen LogP contribution is 2.25. The largest absolute Gasteiger partial charge is 0.496 e. The van der Waals surface area contributed by atoms with Crippen LogP contribution in [0.15, 0.2) is 41.3 Å². The fraction of sp³-hybridized carbons (Fsp3) is 0.400. The van der Waals surface area contributed by atoms with Crippen molar-refractivity contribution in [1.82, 2.24) is 4.72 Å². The zero-order valence-corrected chi connectivity index (χ0v) is 16.7. The van der Waals surface area contributed by atoms with Crippen LogP contribution in [0.3, 0.4) is 0 Å². The Kier molecular flexibility index (Phi) is 7.06. The van der Waals surface area contributed by atoms with E-state index in [-0.39, 0.29) is 18.0 Å². The highest BCUT2D eigenvalue weighted by molar-refractivity contribution is 7.89. The first-order chi connectivity index (χ1) is 12.4. The van der Waals surface area contributed by atoms with E-state index in [1.54, 1.807) is 26.2 Å². The molecule has 0 heterocycles. The molecule has 26 heavy (non-hydrogen) atoms. The quantitative estimate of drug-likeness (QED) is 0.678. The highest BCUT2D eigenvalue weighted by atomic mass is 32.2. The van der Waals surface area contributed by atoms with E-state index in [9.17, 15) is 8.42 Å². The van der Waals surface area contributed by atoms with E-state index >= 15 is 0 Å². The summed E-state index contributed by atoms with van der Waals surface area (Å²) in [6.45, 7) is 6.18. The van der Waals surface area contributed by atoms with Crippen molar-refractivity contribution in [2.75, 3.05) is 20.3 Å². The number of methoxy groups -OCH3 is 1. The Morgan fingerprint density at radius 1 is 1.04 bits per heavy atom. The van der Waals surface area contributed by atoms with Gasteiger partial charge in [-0.1, -0.05) is 25.5 Å². The molecule has 0 unspecified atom stereocenters. The van der Waals surface area contributed by atoms with Gasteiger partial charge in [-0.3, -0.25) is 0 Å². The number of nitrogens with one attached hydrogen (secondary N) is 1. The smallest absolute Gasteiger partial charge is 0.240 e. The van der Waals surface area contributed by atoms with Crippen LogP contribution < -0.4 is 14.2 Å². The summed E-state index contributed by atoms with van der Waals surface area (Å²) in [5.41, 5.74) is 2.69. The Bertz CT molecular complexity index is 830. The number of ether oxygens (including phenoxy) is 2. The molecule has 2 aromatic rings. The van der Waals surface area contributed by atoms with Crippen LogP contribution in [0.4, 0.5) is 0 Å². The molecule has 0 atom stereocenters. The molecular weight excluding hydrogens is 350 g/mol. The zero-order valence-electron chi connectivity index (χ0n) is 15.8. The minimum Gasteiger partial charge on any atom is -0.496 e. The van der Waals surface area contributed by atoms with Crippen LogP contribution in [-0.2, 0) is 16.4 Å². The molecule has 0 aliphatic heterocycles. The first-order valence-electron chi connectivity index (χ1n) is 8.74. The second-order valence-electron chi connectivity index (χ2n) is 6.23. The Morgan fingerprint density at radius 2 is 1.73 bits per heavy atom. The first-order valence-corrected chi connectivity index (χ1v) is 10.2. The molecule has 142 valence electrons. The predicted octanol–water partition coefficient (Wildman–Crippen LogP) is 3.62. The molecule has 0 amide bonds. The second-order valence-corrected chi connectivity index (χ2v) is 7.96. The average molecular weight is 378 g/mol. The summed E-state index contributed by atoms with van der Waals surface area (Å²) >= 11 is 0. The van der Waals surface area contributed by atoms with Gasteiger partial charge in [-0.05, 0) is 61.2 Å². The van der Waals surface area contributed by atoms with Crippen molar-refractivity contribution in [1.29, 1.82) is 0 Å². The van der Waals surface area contributed by atoms with E-state index in [0.717, 1.165) is 24.2 Å². The SMILES string of the molecule is CCCc1ccc(OCCNS(=O)(=O)c2cc(C)c(OC)cc2C)cc1. The van der Waals surface area contributed by atoms with Gasteiger partial charge in [0.2, 0.25) is 10.0 Å². The summed E-state index contributed by atoms with van der Waals surface area (Å²) in [6, 6.07) is 11.3. The number of rotatable bonds is 9. The van der Waals surface area contributed by atoms with Crippen LogP contribution in [0, 0.1) is 13.8 Å². The summed E-state index contributed by atoms with van der Waals surface area (Å²) in [7, 11) is -2.02. The Labute approximate surface area is 156 Å². The standard InChI is InChI=1S/C20H27NO4S/c1-5-6-17-7-9-18(10-8-17)25-12-11-21-26(22,23)20-14-15(2)19(24-4)13-16(20)3/h7-10,13-14,21H,5-6,11-12H2,1-4H3. The van der Waals surface area contributed by atoms with Gasteiger partial charge in [0.25, 0.3) is 0 Å². The summed E-state index contributed by atoms with van der Waals surface area (Å²) in [6.07, 6.45) is 2.15. The normalized spacial score (nSPS) is 11.4. The van der Waals surface area contributed by atoms with Gasteiger partial charge in [0.05, 0.1) is 12.0 Å². The summed E-state index contributed by atoms with van der Waals surface area (Å²) < 4.78 is 38.5. The van der Waals surface area contributed by atoms with Crippen molar-refractivity contribution in [2.24, 2.45) is 0 Å². The molecule has 0 saturated heterocycles. The monoisotopic (exact) mass is 377 g/mol. The van der Waals surface area contributed by atoms with Crippen LogP contribution >= 0.6 is 0 Å². The molecule has 6 heteroatoms. The fourth-order valence-corrected chi connectivity index (χ4v) is 4.06. The van der Waals surface area contributed by atoms with Crippen LogP contribution in [0.2, 0.25) is 0 Å². The highest BCUT2D eigenvalue weighted by Gasteiger charge is 2.18. The minimum absolute atomic E-state index is 0.198. The molecule has 2 rings (SSSR count). The lowest BCUT2D eigenvalue weighted by Crippen LogP contribution is -2.29. The molecule has 2 aromatic carbocycles. The van der Waals surface area contributed by atoms with E-state index in [1.165, 1.54) is 5.56 Å². The van der Waals surface area contributed by atoms with Crippen LogP contribution in [0.1, 0.15) is 30.0 Å². The minimum atomic E-state index is -3.59. The third-order valence-electron chi connectivity index (χ3n) is 4.11. The van der Waals surface area contributed by atoms with E-state index in [4.69, 9.17) is 9.47 Å². The van der Waals surface area contributed by atoms with E-state index in [2.05, 4.69) is 11.6 Å². The second kappa shape index (κ2) is 9.05. The molecule has 0 fully saturated rings. The van der Waals surface area contributed by atoms with Crippen molar-refractivity contribution >= 4 is 10.0 Å². The third-order valence-corrected chi connectivity index (χ3v) is 5.71. The van der Waals surface area contributed by atoms with E-state index < -0.39 is 10.0 Å². The lowest BCUT2D eigenvalue weighted by atomic mass is 10.1. The van der Waals surface area contributed by atoms with Crippen LogP contribution in [0.5, 0.6) is 11.5 Å². The number of benzene rings is 2. The van der Waals surface area contributed by atoms with Crippen molar-refractivity contribution in [3.63, 3.8) is 0 Å². The van der Waals surface area contributed by atoms with Gasteiger partial charge in [0.1, 0.15) is 18.1 Å². The van der Waals surface area contributed by atoms with Crippen molar-refractivity contribution < 1.29 is 17.9 Å². The Morgan fingerprint density at radius 3 is 2.35 bits per heavy atom. The molecule has 0 saturated carbocycles. The number of sulfonamides is 1. The zero-order chi connectivity index (χ0) is 19.2. The van der Waals surface area contributed by atoms with Gasteiger partial charge in [-0.15, -0.1) is 0 Å². The maximum absolute atomic E-state index is 12.5. The fourth-order valence-electron chi connectivity index (χ4n) is 2.74. The molecule has 0 radical (unpaired) electrons. The lowest BCUT2D eigenvalue weighted by Gasteiger charge is -2.13. The molecule has 1 N–H and O–H groups in total. The van der Waals surface area contributed by atoms with Gasteiger partial charge < -0.3 is 9.47 Å². The number of hydrogen-bond acceptors (Lipinski definition) is 4. The molecule has 0 aromatic heterocycles. The van der Waals surface area contributed by atoms with Crippen molar-refractivity contribution in [2.45, 2.75) is 38.5 Å². The Hall–Kier alpha value is -2.05. The van der Waals surface area contributed by atoms with Gasteiger partial charge in [-0.2, -0.15) is 0 Å². The van der Waals surface area contributed by atoms with E-state index in [1.807, 2.05) is 31.2 Å². The molecule has 0 bridgehead atoms. The molecule has 0 aliphatic carbocycles. The van der Waals surface area contributed by atoms with Crippen LogP contribution in [0.25, 0.3) is 0 Å². The number of hydrogen-bond donors (Lipinski definition) is 1. The van der Waals surface area contributed by atoms with E-state index in [0.29, 0.717) is 11.3 Å². The van der Waals surface area contributed by atoms with Crippen LogP contribution in [-0.4, -0.2) is 28.7 Å². The molecular formula is C20H27NO4S. The molecule has 0 spiro atoms. The summed E-state index contributed by atoms with van der Waals surface area (Å²) in [4.78, 5) is 0.264. The third kappa shape index (κ3) is 5.22. The summed E-state index contributed by atoms with van der Waals surface area (Å²) in [5.74, 6) is 1.41.